The van der Waals surface area contributed by atoms with Crippen LogP contribution in [0.2, 0.25) is 0 Å². The van der Waals surface area contributed by atoms with Crippen LogP contribution in [0, 0.1) is 0 Å². The van der Waals surface area contributed by atoms with Gasteiger partial charge in [-0.3, -0.25) is 14.5 Å². The Bertz CT molecular complexity index is 288. The minimum atomic E-state index is -0.909. The van der Waals surface area contributed by atoms with Crippen molar-refractivity contribution in [2.45, 2.75) is 58.0 Å². The quantitative estimate of drug-likeness (QED) is 0.719. The molecule has 5 nitrogen and oxygen atoms in total. The van der Waals surface area contributed by atoms with E-state index in [0.717, 1.165) is 32.2 Å². The van der Waals surface area contributed by atoms with Gasteiger partial charge < -0.3 is 10.4 Å². The third-order valence-electron chi connectivity index (χ3n) is 3.45. The van der Waals surface area contributed by atoms with Crippen LogP contribution in [0.3, 0.4) is 0 Å². The molecule has 1 heterocycles. The number of carbonyl (C=O) groups is 2. The Balaban J connectivity index is 2.78. The van der Waals surface area contributed by atoms with Crippen LogP contribution < -0.4 is 5.32 Å². The summed E-state index contributed by atoms with van der Waals surface area (Å²) in [5.41, 5.74) is 0. The minimum Gasteiger partial charge on any atom is -0.481 e. The van der Waals surface area contributed by atoms with Gasteiger partial charge in [0.05, 0.1) is 12.5 Å². The zero-order chi connectivity index (χ0) is 13.5. The highest BCUT2D eigenvalue weighted by molar-refractivity contribution is 5.86. The molecule has 1 aliphatic rings. The average molecular weight is 256 g/mol. The zero-order valence-electron chi connectivity index (χ0n) is 11.3. The van der Waals surface area contributed by atoms with E-state index in [0.29, 0.717) is 12.6 Å². The maximum Gasteiger partial charge on any atom is 0.305 e. The summed E-state index contributed by atoms with van der Waals surface area (Å²) in [4.78, 5) is 24.8. The van der Waals surface area contributed by atoms with Gasteiger partial charge in [0.2, 0.25) is 5.91 Å². The Hall–Kier alpha value is -1.10. The Morgan fingerprint density at radius 1 is 1.44 bits per heavy atom. The molecular weight excluding hydrogens is 232 g/mol. The number of rotatable bonds is 7. The molecular formula is C13H24N2O3. The van der Waals surface area contributed by atoms with Crippen molar-refractivity contribution in [1.29, 1.82) is 0 Å². The van der Waals surface area contributed by atoms with E-state index < -0.39 is 12.0 Å². The summed E-state index contributed by atoms with van der Waals surface area (Å²) >= 11 is 0. The molecule has 1 amide bonds. The first-order valence-electron chi connectivity index (χ1n) is 6.85. The molecule has 0 saturated carbocycles. The first kappa shape index (κ1) is 15.0. The van der Waals surface area contributed by atoms with Crippen molar-refractivity contribution in [3.05, 3.63) is 0 Å². The van der Waals surface area contributed by atoms with Crippen molar-refractivity contribution in [3.8, 4) is 0 Å². The molecule has 0 aromatic rings. The fraction of sp³-hybridized carbons (Fsp3) is 0.846. The average Bonchev–Trinajstić information content (AvgIpc) is 2.31. The van der Waals surface area contributed by atoms with Crippen molar-refractivity contribution in [3.63, 3.8) is 0 Å². The number of carbonyl (C=O) groups excluding carboxylic acids is 1. The monoisotopic (exact) mass is 256 g/mol. The van der Waals surface area contributed by atoms with Crippen LogP contribution >= 0.6 is 0 Å². The number of hydrogen-bond acceptors (Lipinski definition) is 3. The molecule has 0 bridgehead atoms. The highest BCUT2D eigenvalue weighted by atomic mass is 16.4. The Morgan fingerprint density at radius 3 is 2.56 bits per heavy atom. The number of amides is 1. The van der Waals surface area contributed by atoms with Gasteiger partial charge >= 0.3 is 5.97 Å². The van der Waals surface area contributed by atoms with Gasteiger partial charge in [-0.2, -0.15) is 0 Å². The summed E-state index contributed by atoms with van der Waals surface area (Å²) in [6, 6.07) is -0.172. The van der Waals surface area contributed by atoms with Crippen LogP contribution in [-0.2, 0) is 9.59 Å². The van der Waals surface area contributed by atoms with Crippen LogP contribution in [0.1, 0.15) is 46.0 Å². The topological polar surface area (TPSA) is 69.6 Å². The molecule has 0 aromatic heterocycles. The molecule has 0 aromatic carbocycles. The van der Waals surface area contributed by atoms with E-state index in [1.165, 1.54) is 0 Å². The second-order valence-corrected chi connectivity index (χ2v) is 4.87. The predicted molar refractivity (Wildman–Crippen MR) is 69.4 cm³/mol. The van der Waals surface area contributed by atoms with Crippen molar-refractivity contribution in [2.24, 2.45) is 0 Å². The van der Waals surface area contributed by atoms with Gasteiger partial charge in [0, 0.05) is 19.1 Å². The predicted octanol–water partition coefficient (Wildman–Crippen LogP) is 1.23. The van der Waals surface area contributed by atoms with E-state index >= 15 is 0 Å². The van der Waals surface area contributed by atoms with E-state index in [2.05, 4.69) is 24.1 Å². The normalized spacial score (nSPS) is 21.1. The van der Waals surface area contributed by atoms with E-state index in [9.17, 15) is 9.59 Å². The van der Waals surface area contributed by atoms with E-state index in [-0.39, 0.29) is 12.3 Å². The molecule has 0 radical (unpaired) electrons. The largest absolute Gasteiger partial charge is 0.481 e. The van der Waals surface area contributed by atoms with Crippen molar-refractivity contribution in [1.82, 2.24) is 10.2 Å². The van der Waals surface area contributed by atoms with Gasteiger partial charge in [-0.25, -0.2) is 0 Å². The number of hydrogen-bond donors (Lipinski definition) is 2. The highest BCUT2D eigenvalue weighted by Crippen LogP contribution is 2.20. The summed E-state index contributed by atoms with van der Waals surface area (Å²) in [7, 11) is 0. The Labute approximate surface area is 109 Å². The summed E-state index contributed by atoms with van der Waals surface area (Å²) in [5, 5.41) is 11.7. The number of carboxylic acid groups (broad SMARTS) is 1. The molecule has 2 N–H and O–H groups in total. The van der Waals surface area contributed by atoms with Gasteiger partial charge in [-0.15, -0.1) is 0 Å². The summed E-state index contributed by atoms with van der Waals surface area (Å²) < 4.78 is 0. The van der Waals surface area contributed by atoms with Gasteiger partial charge in [0.15, 0.2) is 0 Å². The van der Waals surface area contributed by atoms with Gasteiger partial charge in [-0.05, 0) is 12.8 Å². The second kappa shape index (κ2) is 7.36. The number of nitrogens with one attached hydrogen (secondary N) is 1. The highest BCUT2D eigenvalue weighted by Gasteiger charge is 2.34. The lowest BCUT2D eigenvalue weighted by Crippen LogP contribution is -2.59. The lowest BCUT2D eigenvalue weighted by molar-refractivity contribution is -0.144. The van der Waals surface area contributed by atoms with Gasteiger partial charge in [0.25, 0.3) is 0 Å². The van der Waals surface area contributed by atoms with Crippen LogP contribution in [0.4, 0.5) is 0 Å². The molecule has 1 aliphatic heterocycles. The third-order valence-corrected chi connectivity index (χ3v) is 3.45. The summed E-state index contributed by atoms with van der Waals surface area (Å²) in [5.74, 6) is -1.05. The molecule has 5 heteroatoms. The lowest BCUT2D eigenvalue weighted by Gasteiger charge is -2.40. The van der Waals surface area contributed by atoms with E-state index in [1.54, 1.807) is 0 Å². The Kier molecular flexibility index (Phi) is 6.12. The number of carboxylic acids is 1. The van der Waals surface area contributed by atoms with Crippen LogP contribution in [-0.4, -0.2) is 47.1 Å². The molecule has 1 saturated heterocycles. The molecule has 18 heavy (non-hydrogen) atoms. The summed E-state index contributed by atoms with van der Waals surface area (Å²) in [6.07, 6.45) is 4.06. The van der Waals surface area contributed by atoms with Crippen molar-refractivity contribution < 1.29 is 14.7 Å². The molecule has 0 aliphatic carbocycles. The fourth-order valence-electron chi connectivity index (χ4n) is 2.69. The molecule has 104 valence electrons. The molecule has 1 unspecified atom stereocenters. The van der Waals surface area contributed by atoms with E-state index in [4.69, 9.17) is 5.11 Å². The Morgan fingerprint density at radius 2 is 2.06 bits per heavy atom. The van der Waals surface area contributed by atoms with Crippen LogP contribution in [0.25, 0.3) is 0 Å². The van der Waals surface area contributed by atoms with Gasteiger partial charge in [-0.1, -0.05) is 26.7 Å². The maximum absolute atomic E-state index is 11.8. The smallest absolute Gasteiger partial charge is 0.305 e. The van der Waals surface area contributed by atoms with E-state index in [1.807, 2.05) is 0 Å². The lowest BCUT2D eigenvalue weighted by atomic mass is 9.99. The van der Waals surface area contributed by atoms with Crippen LogP contribution in [0.15, 0.2) is 0 Å². The minimum absolute atomic E-state index is 0.101. The molecule has 0 spiro atoms. The SMILES string of the molecule is CCCC(CCC)N1CCNC(=O)C1CC(=O)O. The second-order valence-electron chi connectivity index (χ2n) is 4.87. The van der Waals surface area contributed by atoms with Crippen molar-refractivity contribution >= 4 is 11.9 Å². The zero-order valence-corrected chi connectivity index (χ0v) is 11.3. The first-order chi connectivity index (χ1) is 8.60. The third kappa shape index (κ3) is 3.98. The number of aliphatic carboxylic acids is 1. The molecule has 1 rings (SSSR count). The molecule has 1 fully saturated rings. The number of piperazine rings is 1. The van der Waals surface area contributed by atoms with Crippen LogP contribution in [0.5, 0.6) is 0 Å². The first-order valence-corrected chi connectivity index (χ1v) is 6.85. The van der Waals surface area contributed by atoms with Crippen molar-refractivity contribution in [2.75, 3.05) is 13.1 Å². The summed E-state index contributed by atoms with van der Waals surface area (Å²) in [6.45, 7) is 5.63. The standard InChI is InChI=1S/C13H24N2O3/c1-3-5-10(6-4-2)15-8-7-14-13(18)11(15)9-12(16)17/h10-11H,3-9H2,1-2H3,(H,14,18)(H,16,17). The fourth-order valence-corrected chi connectivity index (χ4v) is 2.69. The number of nitrogens with zero attached hydrogens (tertiary/aromatic N) is 1. The van der Waals surface area contributed by atoms with Gasteiger partial charge in [0.1, 0.15) is 0 Å². The maximum atomic E-state index is 11.8. The molecule has 1 atom stereocenters.